The first kappa shape index (κ1) is 46.1. The van der Waals surface area contributed by atoms with E-state index in [4.69, 9.17) is 14.6 Å². The molecule has 0 atom stereocenters. The van der Waals surface area contributed by atoms with Crippen molar-refractivity contribution in [2.24, 2.45) is 5.14 Å². The van der Waals surface area contributed by atoms with E-state index in [1.807, 2.05) is 18.3 Å². The van der Waals surface area contributed by atoms with E-state index in [1.54, 1.807) is 104 Å². The third-order valence-electron chi connectivity index (χ3n) is 11.8. The minimum atomic E-state index is -3.90. The fraction of sp³-hybridized carbons (Fsp3) is 0.292. The van der Waals surface area contributed by atoms with Crippen LogP contribution in [-0.4, -0.2) is 98.9 Å². The van der Waals surface area contributed by atoms with Gasteiger partial charge in [0.2, 0.25) is 10.0 Å². The number of benzene rings is 4. The molecule has 0 bridgehead atoms. The van der Waals surface area contributed by atoms with Gasteiger partial charge in [-0.2, -0.15) is 27.8 Å². The summed E-state index contributed by atoms with van der Waals surface area (Å²) in [5, 5.41) is 15.3. The lowest BCUT2D eigenvalue weighted by Gasteiger charge is -2.30. The van der Waals surface area contributed by atoms with Crippen LogP contribution in [0.2, 0.25) is 0 Å². The Balaban J connectivity index is 0.000000181. The Morgan fingerprint density at radius 1 is 0.567 bits per heavy atom. The smallest absolute Gasteiger partial charge is 0.410 e. The molecule has 2 saturated heterocycles. The third-order valence-corrected chi connectivity index (χ3v) is 13.3. The van der Waals surface area contributed by atoms with Crippen molar-refractivity contribution in [3.05, 3.63) is 127 Å². The lowest BCUT2D eigenvalue weighted by molar-refractivity contribution is -0.190. The molecule has 8 aromatic rings. The van der Waals surface area contributed by atoms with Crippen LogP contribution in [0.25, 0.3) is 55.4 Å². The number of sulfonamides is 1. The maximum Gasteiger partial charge on any atom is 0.410 e. The molecule has 4 aromatic carbocycles. The highest BCUT2D eigenvalue weighted by Gasteiger charge is 2.36. The topological polar surface area (TPSA) is 145 Å². The summed E-state index contributed by atoms with van der Waals surface area (Å²) in [7, 11) is -3.90. The minimum absolute atomic E-state index is 0.0512. The second-order valence-electron chi connectivity index (χ2n) is 16.7. The van der Waals surface area contributed by atoms with E-state index in [0.717, 1.165) is 82.0 Å². The summed E-state index contributed by atoms with van der Waals surface area (Å²) >= 11 is 3.38. The number of nitrogens with two attached hydrogens (primary N) is 1. The zero-order valence-electron chi connectivity index (χ0n) is 36.1. The Kier molecular flexibility index (Phi) is 13.3. The van der Waals surface area contributed by atoms with Crippen LogP contribution in [0.3, 0.4) is 0 Å². The molecular weight excluding hydrogens is 955 g/mol. The fourth-order valence-electron chi connectivity index (χ4n) is 8.56. The molecule has 2 N–H and O–H groups in total. The molecule has 0 aliphatic carbocycles. The van der Waals surface area contributed by atoms with Gasteiger partial charge in [-0.15, -0.1) is 0 Å². The first-order chi connectivity index (χ1) is 32.2. The Bertz CT molecular complexity index is 3120. The van der Waals surface area contributed by atoms with Gasteiger partial charge in [-0.25, -0.2) is 32.6 Å². The summed E-state index contributed by atoms with van der Waals surface area (Å²) < 4.78 is 95.7. The number of nitrogens with zero attached hydrogens (tertiary/aromatic N) is 8. The monoisotopic (exact) mass is 999 g/mol. The van der Waals surface area contributed by atoms with Gasteiger partial charge in [0.1, 0.15) is 24.6 Å². The minimum Gasteiger partial charge on any atom is -0.432 e. The molecule has 0 unspecified atom stereocenters. The number of aromatic nitrogens is 6. The number of rotatable bonds is 12. The van der Waals surface area contributed by atoms with Crippen molar-refractivity contribution in [2.75, 3.05) is 39.3 Å². The molecule has 0 spiro atoms. The number of alkyl halides is 4. The van der Waals surface area contributed by atoms with Crippen LogP contribution < -0.4 is 14.6 Å². The van der Waals surface area contributed by atoms with Gasteiger partial charge in [0.05, 0.1) is 21.8 Å². The quantitative estimate of drug-likeness (QED) is 0.117. The van der Waals surface area contributed by atoms with Crippen molar-refractivity contribution < 1.29 is 35.5 Å². The van der Waals surface area contributed by atoms with Crippen LogP contribution in [0.1, 0.15) is 38.5 Å². The maximum absolute atomic E-state index is 14.5. The second-order valence-corrected chi connectivity index (χ2v) is 19.1. The molecule has 348 valence electrons. The second kappa shape index (κ2) is 19.3. The SMILES string of the molecule is FC(F)(CN1CCCCC1)Oc1ccc(-c2cnc3c(Br)cnn3c2)cc1.NS(=O)(=O)c1ccc(-c2cnn3cc(-c4ccc(OC(F)(F)CN5CCCCC5)cc4)cnc23)c2ccccc12. The number of fused-ring (bicyclic) bond motifs is 3. The van der Waals surface area contributed by atoms with E-state index >= 15 is 0 Å². The van der Waals surface area contributed by atoms with E-state index < -0.39 is 28.8 Å². The summed E-state index contributed by atoms with van der Waals surface area (Å²) in [6.07, 6.45) is 9.90. The zero-order chi connectivity index (χ0) is 46.8. The van der Waals surface area contributed by atoms with Crippen molar-refractivity contribution >= 4 is 48.0 Å². The Labute approximate surface area is 392 Å². The number of hydrogen-bond acceptors (Lipinski definition) is 10. The molecule has 4 aromatic heterocycles. The standard InChI is InChI=1S/C29H27F2N5O3S.C19H19BrF2N4O/c30-29(31,19-35-14-4-1-5-15-35)39-22-10-8-20(9-11-22)21-16-33-28-26(17-34-36(28)18-21)24-12-13-27(40(32,37)38)25-7-3-2-6-23(24)25;20-17-11-24-26-12-15(10-23-18(17)26)14-4-6-16(7-5-14)27-19(21,22)13-25-8-2-1-3-9-25/h2-3,6-13,16-18H,1,4-5,14-15,19H2,(H2,32,37,38);4-7,10-12H,1-3,8-9,13H2. The molecule has 6 heterocycles. The molecule has 13 nitrogen and oxygen atoms in total. The lowest BCUT2D eigenvalue weighted by Crippen LogP contribution is -2.43. The van der Waals surface area contributed by atoms with Gasteiger partial charge < -0.3 is 9.47 Å². The van der Waals surface area contributed by atoms with Gasteiger partial charge in [-0.05, 0) is 120 Å². The molecule has 2 fully saturated rings. The van der Waals surface area contributed by atoms with Crippen LogP contribution in [-0.2, 0) is 10.0 Å². The molecule has 67 heavy (non-hydrogen) atoms. The van der Waals surface area contributed by atoms with Crippen molar-refractivity contribution in [3.8, 4) is 44.9 Å². The van der Waals surface area contributed by atoms with Crippen molar-refractivity contribution in [1.82, 2.24) is 39.0 Å². The predicted molar refractivity (Wildman–Crippen MR) is 251 cm³/mol. The summed E-state index contributed by atoms with van der Waals surface area (Å²) in [6, 6.07) is 23.4. The van der Waals surface area contributed by atoms with Gasteiger partial charge in [-0.3, -0.25) is 9.80 Å². The number of ether oxygens (including phenoxy) is 2. The Morgan fingerprint density at radius 3 is 1.57 bits per heavy atom. The van der Waals surface area contributed by atoms with Gasteiger partial charge in [0.15, 0.2) is 11.3 Å². The molecule has 0 saturated carbocycles. The van der Waals surface area contributed by atoms with Crippen LogP contribution in [0, 0.1) is 0 Å². The van der Waals surface area contributed by atoms with Crippen LogP contribution in [0.5, 0.6) is 11.5 Å². The highest BCUT2D eigenvalue weighted by atomic mass is 79.9. The van der Waals surface area contributed by atoms with Crippen molar-refractivity contribution in [2.45, 2.75) is 55.6 Å². The Hall–Kier alpha value is -5.99. The molecule has 2 aliphatic heterocycles. The average molecular weight is 1000 g/mol. The number of piperidine rings is 2. The first-order valence-corrected chi connectivity index (χ1v) is 24.2. The summed E-state index contributed by atoms with van der Waals surface area (Å²) in [5.41, 5.74) is 5.98. The average Bonchev–Trinajstić information content (AvgIpc) is 3.91. The van der Waals surface area contributed by atoms with E-state index in [-0.39, 0.29) is 22.9 Å². The Morgan fingerprint density at radius 2 is 1.04 bits per heavy atom. The molecule has 0 radical (unpaired) electrons. The largest absolute Gasteiger partial charge is 0.432 e. The molecule has 2 aliphatic rings. The summed E-state index contributed by atoms with van der Waals surface area (Å²) in [4.78, 5) is 12.5. The molecule has 0 amide bonds. The van der Waals surface area contributed by atoms with E-state index in [2.05, 4.69) is 36.1 Å². The third kappa shape index (κ3) is 10.9. The highest BCUT2D eigenvalue weighted by molar-refractivity contribution is 9.10. The van der Waals surface area contributed by atoms with Crippen LogP contribution in [0.4, 0.5) is 17.6 Å². The zero-order valence-corrected chi connectivity index (χ0v) is 38.5. The number of halogens is 5. The first-order valence-electron chi connectivity index (χ1n) is 21.8. The van der Waals surface area contributed by atoms with Gasteiger partial charge in [0, 0.05) is 46.9 Å². The number of likely N-dealkylation sites (tertiary alicyclic amines) is 2. The van der Waals surface area contributed by atoms with Gasteiger partial charge in [0.25, 0.3) is 0 Å². The van der Waals surface area contributed by atoms with E-state index in [1.165, 1.54) is 18.2 Å². The van der Waals surface area contributed by atoms with E-state index in [0.29, 0.717) is 42.6 Å². The highest BCUT2D eigenvalue weighted by Crippen LogP contribution is 2.35. The predicted octanol–water partition coefficient (Wildman–Crippen LogP) is 9.94. The van der Waals surface area contributed by atoms with Crippen molar-refractivity contribution in [1.29, 1.82) is 0 Å². The van der Waals surface area contributed by atoms with Crippen molar-refractivity contribution in [3.63, 3.8) is 0 Å². The molecular formula is C48H46BrF4N9O4S. The molecule has 10 rings (SSSR count). The maximum atomic E-state index is 14.5. The number of primary sulfonamides is 1. The molecule has 19 heteroatoms. The van der Waals surface area contributed by atoms with Gasteiger partial charge >= 0.3 is 12.2 Å². The summed E-state index contributed by atoms with van der Waals surface area (Å²) in [6.45, 7) is 1.95. The lowest BCUT2D eigenvalue weighted by atomic mass is 10.00. The normalized spacial score (nSPS) is 15.4. The van der Waals surface area contributed by atoms with Crippen LogP contribution >= 0.6 is 15.9 Å². The fourth-order valence-corrected chi connectivity index (χ4v) is 9.68. The van der Waals surface area contributed by atoms with Crippen LogP contribution in [0.15, 0.2) is 131 Å². The number of hydrogen-bond donors (Lipinski definition) is 1. The van der Waals surface area contributed by atoms with Gasteiger partial charge in [-0.1, -0.05) is 67.4 Å². The van der Waals surface area contributed by atoms with E-state index in [9.17, 15) is 26.0 Å². The summed E-state index contributed by atoms with van der Waals surface area (Å²) in [5.74, 6) is 0.243.